The molecule has 21 heavy (non-hydrogen) atoms. The highest BCUT2D eigenvalue weighted by molar-refractivity contribution is 7.15. The van der Waals surface area contributed by atoms with Gasteiger partial charge in [-0.2, -0.15) is 0 Å². The average molecular weight is 315 g/mol. The van der Waals surface area contributed by atoms with Crippen molar-refractivity contribution in [2.24, 2.45) is 0 Å². The maximum absolute atomic E-state index is 5.91. The number of thiazole rings is 1. The molecule has 2 aromatic carbocycles. The van der Waals surface area contributed by atoms with Crippen molar-refractivity contribution in [3.8, 4) is 0 Å². The maximum atomic E-state index is 5.91. The second kappa shape index (κ2) is 6.74. The lowest BCUT2D eigenvalue weighted by molar-refractivity contribution is 1.08. The van der Waals surface area contributed by atoms with Crippen LogP contribution in [0.1, 0.15) is 16.1 Å². The van der Waals surface area contributed by atoms with E-state index in [-0.39, 0.29) is 0 Å². The molecule has 0 aliphatic carbocycles. The third-order valence-electron chi connectivity index (χ3n) is 3.21. The van der Waals surface area contributed by atoms with Crippen molar-refractivity contribution >= 4 is 28.6 Å². The highest BCUT2D eigenvalue weighted by Gasteiger charge is 2.04. The van der Waals surface area contributed by atoms with Gasteiger partial charge in [-0.05, 0) is 23.6 Å². The van der Waals surface area contributed by atoms with E-state index in [1.54, 1.807) is 6.20 Å². The van der Waals surface area contributed by atoms with Crippen LogP contribution in [0.25, 0.3) is 0 Å². The minimum atomic E-state index is 0.698. The molecule has 3 aromatic rings. The largest absolute Gasteiger partial charge is 0.378 e. The summed E-state index contributed by atoms with van der Waals surface area (Å²) in [6, 6.07) is 18.9. The SMILES string of the molecule is Clc1cnc(CNc2ccccc2Cc2ccccc2)s1. The second-order valence-electron chi connectivity index (χ2n) is 4.73. The zero-order chi connectivity index (χ0) is 14.5. The van der Waals surface area contributed by atoms with E-state index in [0.717, 1.165) is 21.5 Å². The summed E-state index contributed by atoms with van der Waals surface area (Å²) in [7, 11) is 0. The number of nitrogens with zero attached hydrogens (tertiary/aromatic N) is 1. The minimum absolute atomic E-state index is 0.698. The standard InChI is InChI=1S/C17H15ClN2S/c18-16-11-20-17(21-16)12-19-15-9-5-4-8-14(15)10-13-6-2-1-3-7-13/h1-9,11,19H,10,12H2. The first kappa shape index (κ1) is 14.1. The Morgan fingerprint density at radius 3 is 2.52 bits per heavy atom. The fraction of sp³-hybridized carbons (Fsp3) is 0.118. The van der Waals surface area contributed by atoms with Gasteiger partial charge in [-0.1, -0.05) is 60.1 Å². The molecule has 0 fully saturated rings. The van der Waals surface area contributed by atoms with Crippen molar-refractivity contribution in [1.82, 2.24) is 4.98 Å². The molecule has 0 saturated heterocycles. The van der Waals surface area contributed by atoms with E-state index in [1.165, 1.54) is 22.5 Å². The van der Waals surface area contributed by atoms with Crippen LogP contribution in [0.3, 0.4) is 0 Å². The quantitative estimate of drug-likeness (QED) is 0.717. The Morgan fingerprint density at radius 2 is 1.76 bits per heavy atom. The van der Waals surface area contributed by atoms with Crippen molar-refractivity contribution in [3.05, 3.63) is 81.3 Å². The van der Waals surface area contributed by atoms with Crippen molar-refractivity contribution in [2.45, 2.75) is 13.0 Å². The van der Waals surface area contributed by atoms with Crippen molar-refractivity contribution in [1.29, 1.82) is 0 Å². The Hall–Kier alpha value is -1.84. The van der Waals surface area contributed by atoms with Crippen LogP contribution in [0.5, 0.6) is 0 Å². The number of hydrogen-bond donors (Lipinski definition) is 1. The zero-order valence-corrected chi connectivity index (χ0v) is 13.0. The van der Waals surface area contributed by atoms with Gasteiger partial charge in [-0.3, -0.25) is 0 Å². The second-order valence-corrected chi connectivity index (χ2v) is 6.48. The van der Waals surface area contributed by atoms with E-state index in [1.807, 2.05) is 12.1 Å². The van der Waals surface area contributed by atoms with Gasteiger partial charge in [0.05, 0.1) is 12.7 Å². The van der Waals surface area contributed by atoms with E-state index < -0.39 is 0 Å². The number of halogens is 1. The van der Waals surface area contributed by atoms with Gasteiger partial charge in [0.25, 0.3) is 0 Å². The fourth-order valence-corrected chi connectivity index (χ4v) is 3.10. The molecule has 1 aromatic heterocycles. The van der Waals surface area contributed by atoms with Crippen molar-refractivity contribution < 1.29 is 0 Å². The number of hydrogen-bond acceptors (Lipinski definition) is 3. The summed E-state index contributed by atoms with van der Waals surface area (Å²) in [4.78, 5) is 4.27. The van der Waals surface area contributed by atoms with Crippen molar-refractivity contribution in [2.75, 3.05) is 5.32 Å². The number of aromatic nitrogens is 1. The topological polar surface area (TPSA) is 24.9 Å². The Morgan fingerprint density at radius 1 is 1.00 bits per heavy atom. The van der Waals surface area contributed by atoms with E-state index in [9.17, 15) is 0 Å². The summed E-state index contributed by atoms with van der Waals surface area (Å²) < 4.78 is 0.726. The molecule has 1 heterocycles. The third-order valence-corrected chi connectivity index (χ3v) is 4.33. The Bertz CT molecular complexity index is 710. The normalized spacial score (nSPS) is 10.5. The highest BCUT2D eigenvalue weighted by atomic mass is 35.5. The molecule has 0 aliphatic rings. The number of benzene rings is 2. The van der Waals surface area contributed by atoms with Crippen LogP contribution >= 0.6 is 22.9 Å². The van der Waals surface area contributed by atoms with Crippen LogP contribution in [-0.4, -0.2) is 4.98 Å². The van der Waals surface area contributed by atoms with Gasteiger partial charge in [0, 0.05) is 5.69 Å². The maximum Gasteiger partial charge on any atom is 0.113 e. The van der Waals surface area contributed by atoms with Gasteiger partial charge >= 0.3 is 0 Å². The molecule has 1 N–H and O–H groups in total. The molecule has 0 atom stereocenters. The number of nitrogens with one attached hydrogen (secondary N) is 1. The van der Waals surface area contributed by atoms with Crippen LogP contribution in [-0.2, 0) is 13.0 Å². The first-order valence-corrected chi connectivity index (χ1v) is 7.96. The summed E-state index contributed by atoms with van der Waals surface area (Å²) in [5, 5.41) is 4.45. The van der Waals surface area contributed by atoms with E-state index in [0.29, 0.717) is 6.54 Å². The molecular weight excluding hydrogens is 300 g/mol. The molecule has 0 bridgehead atoms. The van der Waals surface area contributed by atoms with Gasteiger partial charge in [0.15, 0.2) is 0 Å². The third kappa shape index (κ3) is 3.84. The van der Waals surface area contributed by atoms with E-state index >= 15 is 0 Å². The lowest BCUT2D eigenvalue weighted by Gasteiger charge is -2.11. The predicted octanol–water partition coefficient (Wildman–Crippen LogP) is 5.00. The predicted molar refractivity (Wildman–Crippen MR) is 90.1 cm³/mol. The monoisotopic (exact) mass is 314 g/mol. The van der Waals surface area contributed by atoms with Gasteiger partial charge in [0.2, 0.25) is 0 Å². The molecule has 2 nitrogen and oxygen atoms in total. The van der Waals surface area contributed by atoms with E-state index in [2.05, 4.69) is 52.8 Å². The molecule has 0 unspecified atom stereocenters. The minimum Gasteiger partial charge on any atom is -0.378 e. The summed E-state index contributed by atoms with van der Waals surface area (Å²) in [5.74, 6) is 0. The zero-order valence-electron chi connectivity index (χ0n) is 11.4. The highest BCUT2D eigenvalue weighted by Crippen LogP contribution is 2.22. The molecule has 0 radical (unpaired) electrons. The lowest BCUT2D eigenvalue weighted by atomic mass is 10.0. The Labute approximate surface area is 133 Å². The Kier molecular flexibility index (Phi) is 4.53. The molecule has 0 saturated carbocycles. The molecule has 0 spiro atoms. The summed E-state index contributed by atoms with van der Waals surface area (Å²) in [6.07, 6.45) is 2.61. The summed E-state index contributed by atoms with van der Waals surface area (Å²) in [5.41, 5.74) is 3.74. The molecule has 106 valence electrons. The summed E-state index contributed by atoms with van der Waals surface area (Å²) in [6.45, 7) is 0.698. The van der Waals surface area contributed by atoms with Crippen LogP contribution in [0.4, 0.5) is 5.69 Å². The van der Waals surface area contributed by atoms with Gasteiger partial charge < -0.3 is 5.32 Å². The average Bonchev–Trinajstić information content (AvgIpc) is 2.93. The van der Waals surface area contributed by atoms with Gasteiger partial charge in [-0.25, -0.2) is 4.98 Å². The lowest BCUT2D eigenvalue weighted by Crippen LogP contribution is -2.02. The summed E-state index contributed by atoms with van der Waals surface area (Å²) >= 11 is 7.42. The van der Waals surface area contributed by atoms with Crippen LogP contribution in [0, 0.1) is 0 Å². The molecule has 0 aliphatic heterocycles. The molecular formula is C17H15ClN2S. The number of rotatable bonds is 5. The first-order valence-electron chi connectivity index (χ1n) is 6.77. The fourth-order valence-electron chi connectivity index (χ4n) is 2.20. The van der Waals surface area contributed by atoms with Crippen LogP contribution in [0.15, 0.2) is 60.8 Å². The molecule has 3 rings (SSSR count). The van der Waals surface area contributed by atoms with Gasteiger partial charge in [-0.15, -0.1) is 11.3 Å². The van der Waals surface area contributed by atoms with Crippen LogP contribution < -0.4 is 5.32 Å². The van der Waals surface area contributed by atoms with Gasteiger partial charge in [0.1, 0.15) is 9.34 Å². The number of anilines is 1. The van der Waals surface area contributed by atoms with Crippen molar-refractivity contribution in [3.63, 3.8) is 0 Å². The van der Waals surface area contributed by atoms with E-state index in [4.69, 9.17) is 11.6 Å². The molecule has 4 heteroatoms. The Balaban J connectivity index is 1.73. The molecule has 0 amide bonds. The first-order chi connectivity index (χ1) is 10.3. The number of para-hydroxylation sites is 1. The van der Waals surface area contributed by atoms with Crippen LogP contribution in [0.2, 0.25) is 4.34 Å². The smallest absolute Gasteiger partial charge is 0.113 e.